The third kappa shape index (κ3) is 6.79. The third-order valence-corrected chi connectivity index (χ3v) is 4.57. The van der Waals surface area contributed by atoms with Crippen LogP contribution in [0, 0.1) is 10.1 Å². The molecule has 0 aliphatic carbocycles. The van der Waals surface area contributed by atoms with Gasteiger partial charge in [0.05, 0.1) is 18.1 Å². The number of carbonyl (C=O) groups excluding carboxylic acids is 3. The molecule has 1 saturated heterocycles. The van der Waals surface area contributed by atoms with Crippen molar-refractivity contribution in [1.29, 1.82) is 0 Å². The van der Waals surface area contributed by atoms with Crippen LogP contribution >= 0.6 is 0 Å². The number of nitro groups is 1. The Morgan fingerprint density at radius 2 is 2.00 bits per heavy atom. The highest BCUT2D eigenvalue weighted by molar-refractivity contribution is 6.07. The minimum atomic E-state index is -0.673. The maximum absolute atomic E-state index is 12.4. The highest BCUT2D eigenvalue weighted by Crippen LogP contribution is 2.25. The summed E-state index contributed by atoms with van der Waals surface area (Å²) in [6.45, 7) is 9.29. The monoisotopic (exact) mass is 448 g/mol. The summed E-state index contributed by atoms with van der Waals surface area (Å²) < 4.78 is 16.1. The molecule has 1 aromatic carbocycles. The minimum absolute atomic E-state index is 0.0723. The molecule has 1 fully saturated rings. The van der Waals surface area contributed by atoms with E-state index >= 15 is 0 Å². The number of nitrogens with zero attached hydrogens (tertiary/aromatic N) is 2. The summed E-state index contributed by atoms with van der Waals surface area (Å²) in [5, 5.41) is 11.1. The van der Waals surface area contributed by atoms with Gasteiger partial charge in [-0.05, 0) is 51.8 Å². The number of hydrogen-bond donors (Lipinski definition) is 0. The molecule has 2 rings (SSSR count). The van der Waals surface area contributed by atoms with Crippen LogP contribution in [0.1, 0.15) is 50.4 Å². The van der Waals surface area contributed by atoms with Gasteiger partial charge in [0.15, 0.2) is 5.78 Å². The summed E-state index contributed by atoms with van der Waals surface area (Å²) >= 11 is 0. The lowest BCUT2D eigenvalue weighted by Gasteiger charge is -2.27. The van der Waals surface area contributed by atoms with Gasteiger partial charge in [0.25, 0.3) is 5.69 Å². The zero-order valence-corrected chi connectivity index (χ0v) is 18.5. The van der Waals surface area contributed by atoms with Gasteiger partial charge >= 0.3 is 12.1 Å². The van der Waals surface area contributed by atoms with Crippen LogP contribution in [-0.2, 0) is 14.3 Å². The second-order valence-electron chi connectivity index (χ2n) is 8.21. The van der Waals surface area contributed by atoms with E-state index in [-0.39, 0.29) is 30.2 Å². The molecular formula is C22H28N2O8. The number of carbonyl (C=O) groups is 3. The molecule has 174 valence electrons. The average molecular weight is 448 g/mol. The second kappa shape index (κ2) is 10.7. The number of allylic oxidation sites excluding steroid dienone is 1. The molecule has 0 radical (unpaired) electrons. The summed E-state index contributed by atoms with van der Waals surface area (Å²) in [5.74, 6) is -0.802. The zero-order valence-electron chi connectivity index (χ0n) is 18.5. The Labute approximate surface area is 186 Å². The van der Waals surface area contributed by atoms with Gasteiger partial charge in [-0.15, -0.1) is 0 Å². The molecule has 0 spiro atoms. The molecule has 1 heterocycles. The molecule has 0 bridgehead atoms. The summed E-state index contributed by atoms with van der Waals surface area (Å²) in [4.78, 5) is 48.3. The first-order valence-corrected chi connectivity index (χ1v) is 10.3. The summed E-state index contributed by atoms with van der Waals surface area (Å²) in [5.41, 5.74) is -1.10. The topological polar surface area (TPSA) is 125 Å². The van der Waals surface area contributed by atoms with E-state index in [1.807, 2.05) is 0 Å². The lowest BCUT2D eigenvalue weighted by Crippen LogP contribution is -2.44. The number of hydrogen-bond acceptors (Lipinski definition) is 8. The zero-order chi connectivity index (χ0) is 23.9. The fourth-order valence-electron chi connectivity index (χ4n) is 3.14. The largest absolute Gasteiger partial charge is 0.493 e. The number of benzene rings is 1. The van der Waals surface area contributed by atoms with Crippen molar-refractivity contribution in [3.05, 3.63) is 46.5 Å². The highest BCUT2D eigenvalue weighted by atomic mass is 16.6. The van der Waals surface area contributed by atoms with E-state index in [0.717, 1.165) is 6.08 Å². The number of ketones is 1. The maximum atomic E-state index is 12.4. The summed E-state index contributed by atoms with van der Waals surface area (Å²) in [7, 11) is 0. The Hall–Kier alpha value is -3.43. The lowest BCUT2D eigenvalue weighted by atomic mass is 10.1. The quantitative estimate of drug-likeness (QED) is 0.140. The van der Waals surface area contributed by atoms with Gasteiger partial charge < -0.3 is 14.2 Å². The van der Waals surface area contributed by atoms with Gasteiger partial charge in [0.2, 0.25) is 0 Å². The fourth-order valence-corrected chi connectivity index (χ4v) is 3.14. The molecule has 0 N–H and O–H groups in total. The van der Waals surface area contributed by atoms with Gasteiger partial charge in [-0.2, -0.15) is 0 Å². The summed E-state index contributed by atoms with van der Waals surface area (Å²) in [6, 6.07) is 3.19. The van der Waals surface area contributed by atoms with Crippen molar-refractivity contribution in [2.24, 2.45) is 0 Å². The maximum Gasteiger partial charge on any atom is 0.411 e. The minimum Gasteiger partial charge on any atom is -0.493 e. The van der Waals surface area contributed by atoms with E-state index in [1.165, 1.54) is 23.1 Å². The van der Waals surface area contributed by atoms with Crippen LogP contribution in [0.3, 0.4) is 0 Å². The first-order valence-electron chi connectivity index (χ1n) is 10.3. The van der Waals surface area contributed by atoms with Gasteiger partial charge in [0, 0.05) is 19.0 Å². The van der Waals surface area contributed by atoms with Gasteiger partial charge in [-0.3, -0.25) is 19.8 Å². The first-order chi connectivity index (χ1) is 15.0. The van der Waals surface area contributed by atoms with Crippen molar-refractivity contribution >= 4 is 23.5 Å². The van der Waals surface area contributed by atoms with Crippen molar-refractivity contribution in [3.63, 3.8) is 0 Å². The first kappa shape index (κ1) is 24.8. The standard InChI is InChI=1S/C22H28N2O8/c1-5-19(25)16-14-15(9-10-17(16)24(28)29)30-12-7-13-31-20(26)18-8-6-11-23(18)21(27)32-22(2,3)4/h5,9-10,14,18H,1,6-8,11-13H2,2-4H3/t18-/m0/s1. The van der Waals surface area contributed by atoms with Crippen LogP contribution in [0.5, 0.6) is 5.75 Å². The Balaban J connectivity index is 1.83. The van der Waals surface area contributed by atoms with Crippen LogP contribution in [0.15, 0.2) is 30.9 Å². The number of esters is 1. The normalized spacial score (nSPS) is 15.7. The summed E-state index contributed by atoms with van der Waals surface area (Å²) in [6.07, 6.45) is 2.01. The highest BCUT2D eigenvalue weighted by Gasteiger charge is 2.37. The van der Waals surface area contributed by atoms with Crippen molar-refractivity contribution in [2.75, 3.05) is 19.8 Å². The van der Waals surface area contributed by atoms with E-state index in [4.69, 9.17) is 14.2 Å². The smallest absolute Gasteiger partial charge is 0.411 e. The fraction of sp³-hybridized carbons (Fsp3) is 0.500. The SMILES string of the molecule is C=CC(=O)c1cc(OCCCOC(=O)[C@@H]2CCCN2C(=O)OC(C)(C)C)ccc1[N+](=O)[O-]. The Morgan fingerprint density at radius 3 is 2.62 bits per heavy atom. The second-order valence-corrected chi connectivity index (χ2v) is 8.21. The van der Waals surface area contributed by atoms with E-state index in [2.05, 4.69) is 6.58 Å². The number of ether oxygens (including phenoxy) is 3. The van der Waals surface area contributed by atoms with Crippen LogP contribution in [0.2, 0.25) is 0 Å². The Kier molecular flexibility index (Phi) is 8.34. The van der Waals surface area contributed by atoms with E-state index in [1.54, 1.807) is 20.8 Å². The number of nitro benzene ring substituents is 1. The van der Waals surface area contributed by atoms with Crippen LogP contribution in [0.4, 0.5) is 10.5 Å². The van der Waals surface area contributed by atoms with Crippen LogP contribution in [-0.4, -0.2) is 59.1 Å². The molecule has 10 nitrogen and oxygen atoms in total. The Bertz CT molecular complexity index is 890. The van der Waals surface area contributed by atoms with Crippen molar-refractivity contribution in [2.45, 2.75) is 51.7 Å². The number of likely N-dealkylation sites (tertiary alicyclic amines) is 1. The molecule has 1 aliphatic heterocycles. The third-order valence-electron chi connectivity index (χ3n) is 4.57. The molecule has 0 unspecified atom stereocenters. The predicted molar refractivity (Wildman–Crippen MR) is 115 cm³/mol. The number of amides is 1. The molecule has 10 heteroatoms. The van der Waals surface area contributed by atoms with E-state index < -0.39 is 34.4 Å². The van der Waals surface area contributed by atoms with Crippen LogP contribution in [0.25, 0.3) is 0 Å². The van der Waals surface area contributed by atoms with E-state index in [9.17, 15) is 24.5 Å². The van der Waals surface area contributed by atoms with Crippen molar-refractivity contribution < 1.29 is 33.5 Å². The van der Waals surface area contributed by atoms with E-state index in [0.29, 0.717) is 25.8 Å². The molecular weight excluding hydrogens is 420 g/mol. The molecule has 1 atom stereocenters. The van der Waals surface area contributed by atoms with Crippen molar-refractivity contribution in [3.8, 4) is 5.75 Å². The van der Waals surface area contributed by atoms with Crippen LogP contribution < -0.4 is 4.74 Å². The average Bonchev–Trinajstić information content (AvgIpc) is 3.21. The molecule has 1 amide bonds. The predicted octanol–water partition coefficient (Wildman–Crippen LogP) is 3.68. The molecule has 0 aromatic heterocycles. The molecule has 1 aliphatic rings. The lowest BCUT2D eigenvalue weighted by molar-refractivity contribution is -0.385. The molecule has 0 saturated carbocycles. The Morgan fingerprint density at radius 1 is 1.28 bits per heavy atom. The van der Waals surface area contributed by atoms with Gasteiger partial charge in [-0.1, -0.05) is 6.58 Å². The van der Waals surface area contributed by atoms with Crippen molar-refractivity contribution in [1.82, 2.24) is 4.90 Å². The molecule has 32 heavy (non-hydrogen) atoms. The van der Waals surface area contributed by atoms with Gasteiger partial charge in [0.1, 0.15) is 23.0 Å². The number of rotatable bonds is 9. The molecule has 1 aromatic rings. The van der Waals surface area contributed by atoms with Gasteiger partial charge in [-0.25, -0.2) is 9.59 Å².